The number of piperidine rings is 1. The minimum absolute atomic E-state index is 0.0110. The number of anilines is 1. The third kappa shape index (κ3) is 2.51. The first-order valence-corrected chi connectivity index (χ1v) is 5.52. The molecule has 0 saturated carbocycles. The van der Waals surface area contributed by atoms with Crippen molar-refractivity contribution >= 4 is 34.9 Å². The lowest BCUT2D eigenvalue weighted by atomic mass is 10.1. The molecule has 1 saturated heterocycles. The Morgan fingerprint density at radius 2 is 2.19 bits per heavy atom. The number of amides is 1. The molecule has 1 aromatic rings. The molecular weight excluding hydrogens is 253 g/mol. The second-order valence-electron chi connectivity index (χ2n) is 3.35. The summed E-state index contributed by atoms with van der Waals surface area (Å²) in [6.07, 6.45) is 1.64. The summed E-state index contributed by atoms with van der Waals surface area (Å²) < 4.78 is 0. The van der Waals surface area contributed by atoms with Crippen LogP contribution in [0.25, 0.3) is 0 Å². The van der Waals surface area contributed by atoms with Gasteiger partial charge in [0, 0.05) is 6.54 Å². The van der Waals surface area contributed by atoms with Crippen LogP contribution >= 0.6 is 23.2 Å². The summed E-state index contributed by atoms with van der Waals surface area (Å²) in [5.41, 5.74) is 0. The number of rotatable bonds is 2. The van der Waals surface area contributed by atoms with Crippen LogP contribution in [0.15, 0.2) is 0 Å². The maximum absolute atomic E-state index is 11.5. The number of nitrogens with zero attached hydrogens (tertiary/aromatic N) is 3. The van der Waals surface area contributed by atoms with Gasteiger partial charge >= 0.3 is 0 Å². The van der Waals surface area contributed by atoms with E-state index in [0.717, 1.165) is 12.8 Å². The number of nitrogens with one attached hydrogen (secondary N) is 2. The van der Waals surface area contributed by atoms with Crippen LogP contribution < -0.4 is 10.6 Å². The number of carbonyl (C=O) groups excluding carboxylic acids is 1. The van der Waals surface area contributed by atoms with Crippen LogP contribution in [0, 0.1) is 0 Å². The van der Waals surface area contributed by atoms with E-state index >= 15 is 0 Å². The highest BCUT2D eigenvalue weighted by Crippen LogP contribution is 2.19. The lowest BCUT2D eigenvalue weighted by molar-refractivity contribution is -0.123. The maximum atomic E-state index is 11.5. The lowest BCUT2D eigenvalue weighted by Gasteiger charge is -2.23. The number of hydrogen-bond donors (Lipinski definition) is 2. The number of halogens is 2. The molecule has 1 aromatic heterocycles. The number of hydrogen-bond acceptors (Lipinski definition) is 5. The summed E-state index contributed by atoms with van der Waals surface area (Å²) in [6, 6.07) is -0.348. The van der Waals surface area contributed by atoms with Gasteiger partial charge in [-0.05, 0) is 24.4 Å². The van der Waals surface area contributed by atoms with Crippen LogP contribution in [0.5, 0.6) is 0 Å². The van der Waals surface area contributed by atoms with E-state index in [1.807, 2.05) is 0 Å². The summed E-state index contributed by atoms with van der Waals surface area (Å²) in [5, 5.41) is 12.8. The number of aromatic nitrogens is 3. The average molecular weight is 262 g/mol. The third-order valence-corrected chi connectivity index (χ3v) is 2.63. The van der Waals surface area contributed by atoms with Crippen LogP contribution in [-0.2, 0) is 4.79 Å². The Labute approximate surface area is 102 Å². The molecule has 1 unspecified atom stereocenters. The van der Waals surface area contributed by atoms with E-state index in [1.54, 1.807) is 0 Å². The van der Waals surface area contributed by atoms with Gasteiger partial charge in [0.1, 0.15) is 6.04 Å². The normalized spacial score (nSPS) is 20.4. The molecule has 0 bridgehead atoms. The lowest BCUT2D eigenvalue weighted by Crippen LogP contribution is -2.44. The van der Waals surface area contributed by atoms with Crippen molar-refractivity contribution in [3.63, 3.8) is 0 Å². The van der Waals surface area contributed by atoms with Gasteiger partial charge in [-0.2, -0.15) is 4.98 Å². The quantitative estimate of drug-likeness (QED) is 0.826. The molecule has 0 radical (unpaired) electrons. The van der Waals surface area contributed by atoms with Crippen molar-refractivity contribution in [2.45, 2.75) is 18.9 Å². The Balaban J connectivity index is 2.13. The molecule has 0 spiro atoms. The van der Waals surface area contributed by atoms with Crippen molar-refractivity contribution in [2.75, 3.05) is 11.9 Å². The molecule has 0 aromatic carbocycles. The SMILES string of the molecule is O=C1NCCCC1Nc1nc(Cl)nnc1Cl. The van der Waals surface area contributed by atoms with Crippen molar-refractivity contribution in [1.29, 1.82) is 0 Å². The second-order valence-corrected chi connectivity index (χ2v) is 4.05. The molecule has 1 aliphatic heterocycles. The molecule has 2 rings (SSSR count). The Bertz CT molecular complexity index is 413. The maximum Gasteiger partial charge on any atom is 0.245 e. The molecule has 1 fully saturated rings. The largest absolute Gasteiger partial charge is 0.356 e. The predicted octanol–water partition coefficient (Wildman–Crippen LogP) is 0.869. The Morgan fingerprint density at radius 1 is 1.38 bits per heavy atom. The Kier molecular flexibility index (Phi) is 3.40. The van der Waals surface area contributed by atoms with Crippen LogP contribution in [0.3, 0.4) is 0 Å². The summed E-state index contributed by atoms with van der Waals surface area (Å²) in [7, 11) is 0. The summed E-state index contributed by atoms with van der Waals surface area (Å²) in [5.74, 6) is 0.209. The molecule has 1 atom stereocenters. The standard InChI is InChI=1S/C8H9Cl2N5O/c9-5-6(13-8(10)15-14-5)12-4-2-1-3-11-7(4)16/h4H,1-3H2,(H,11,16)(H,12,13,15). The zero-order chi connectivity index (χ0) is 11.5. The van der Waals surface area contributed by atoms with Crippen molar-refractivity contribution in [3.8, 4) is 0 Å². The molecule has 1 aliphatic rings. The van der Waals surface area contributed by atoms with Gasteiger partial charge in [0.25, 0.3) is 0 Å². The van der Waals surface area contributed by atoms with Gasteiger partial charge < -0.3 is 10.6 Å². The van der Waals surface area contributed by atoms with E-state index in [4.69, 9.17) is 23.2 Å². The van der Waals surface area contributed by atoms with Gasteiger partial charge in [0.2, 0.25) is 11.2 Å². The first-order chi connectivity index (χ1) is 7.66. The average Bonchev–Trinajstić information content (AvgIpc) is 2.27. The molecule has 6 nitrogen and oxygen atoms in total. The van der Waals surface area contributed by atoms with Gasteiger partial charge in [-0.3, -0.25) is 4.79 Å². The molecule has 0 aliphatic carbocycles. The van der Waals surface area contributed by atoms with Crippen molar-refractivity contribution in [2.24, 2.45) is 0 Å². The van der Waals surface area contributed by atoms with E-state index in [9.17, 15) is 4.79 Å². The number of carbonyl (C=O) groups is 1. The minimum Gasteiger partial charge on any atom is -0.356 e. The predicted molar refractivity (Wildman–Crippen MR) is 59.5 cm³/mol. The zero-order valence-electron chi connectivity index (χ0n) is 8.20. The zero-order valence-corrected chi connectivity index (χ0v) is 9.72. The van der Waals surface area contributed by atoms with Crippen molar-refractivity contribution < 1.29 is 4.79 Å². The van der Waals surface area contributed by atoms with Crippen LogP contribution in [-0.4, -0.2) is 33.7 Å². The highest BCUT2D eigenvalue weighted by molar-refractivity contribution is 6.32. The molecule has 86 valence electrons. The van der Waals surface area contributed by atoms with Gasteiger partial charge in [-0.25, -0.2) is 0 Å². The van der Waals surface area contributed by atoms with E-state index in [-0.39, 0.29) is 28.2 Å². The van der Waals surface area contributed by atoms with Crippen LogP contribution in [0.2, 0.25) is 10.4 Å². The molecule has 2 heterocycles. The van der Waals surface area contributed by atoms with Crippen LogP contribution in [0.4, 0.5) is 5.82 Å². The van der Waals surface area contributed by atoms with Gasteiger partial charge in [-0.15, -0.1) is 10.2 Å². The van der Waals surface area contributed by atoms with E-state index in [2.05, 4.69) is 25.8 Å². The summed E-state index contributed by atoms with van der Waals surface area (Å²) >= 11 is 11.4. The van der Waals surface area contributed by atoms with Crippen molar-refractivity contribution in [1.82, 2.24) is 20.5 Å². The first-order valence-electron chi connectivity index (χ1n) is 4.77. The monoisotopic (exact) mass is 261 g/mol. The molecule has 8 heteroatoms. The fourth-order valence-electron chi connectivity index (χ4n) is 1.46. The molecule has 1 amide bonds. The topological polar surface area (TPSA) is 79.8 Å². The van der Waals surface area contributed by atoms with Crippen molar-refractivity contribution in [3.05, 3.63) is 10.4 Å². The highest BCUT2D eigenvalue weighted by atomic mass is 35.5. The Hall–Kier alpha value is -1.14. The van der Waals surface area contributed by atoms with Gasteiger partial charge in [0.15, 0.2) is 11.0 Å². The molecule has 16 heavy (non-hydrogen) atoms. The summed E-state index contributed by atoms with van der Waals surface area (Å²) in [4.78, 5) is 15.4. The van der Waals surface area contributed by atoms with Gasteiger partial charge in [0.05, 0.1) is 0 Å². The molecular formula is C8H9Cl2N5O. The summed E-state index contributed by atoms with van der Waals surface area (Å²) in [6.45, 7) is 0.702. The fraction of sp³-hybridized carbons (Fsp3) is 0.500. The smallest absolute Gasteiger partial charge is 0.245 e. The fourth-order valence-corrected chi connectivity index (χ4v) is 1.72. The van der Waals surface area contributed by atoms with Crippen LogP contribution in [0.1, 0.15) is 12.8 Å². The van der Waals surface area contributed by atoms with Gasteiger partial charge in [-0.1, -0.05) is 11.6 Å². The third-order valence-electron chi connectivity index (χ3n) is 2.22. The van der Waals surface area contributed by atoms with E-state index in [0.29, 0.717) is 6.54 Å². The highest BCUT2D eigenvalue weighted by Gasteiger charge is 2.23. The first kappa shape index (κ1) is 11.3. The molecule has 2 N–H and O–H groups in total. The van der Waals surface area contributed by atoms with E-state index < -0.39 is 0 Å². The minimum atomic E-state index is -0.348. The second kappa shape index (κ2) is 4.80. The Morgan fingerprint density at radius 3 is 2.94 bits per heavy atom. The van der Waals surface area contributed by atoms with E-state index in [1.165, 1.54) is 0 Å².